The minimum atomic E-state index is -1.12. The van der Waals surface area contributed by atoms with Gasteiger partial charge in [0.1, 0.15) is 5.41 Å². The number of amides is 2. The van der Waals surface area contributed by atoms with Gasteiger partial charge in [-0.25, -0.2) is 4.79 Å². The second kappa shape index (κ2) is 8.47. The maximum atomic E-state index is 13.0. The van der Waals surface area contributed by atoms with Gasteiger partial charge in [0.05, 0.1) is 17.9 Å². The molecule has 0 atom stereocenters. The second-order valence-corrected chi connectivity index (χ2v) is 7.50. The summed E-state index contributed by atoms with van der Waals surface area (Å²) >= 11 is 0. The minimum Gasteiger partial charge on any atom is -0.462 e. The highest BCUT2D eigenvalue weighted by Crippen LogP contribution is 2.48. The predicted octanol–water partition coefficient (Wildman–Crippen LogP) is 4.34. The normalized spacial score (nSPS) is 14.2. The van der Waals surface area contributed by atoms with E-state index in [9.17, 15) is 14.4 Å². The van der Waals surface area contributed by atoms with Crippen molar-refractivity contribution in [1.82, 2.24) is 0 Å². The zero-order valence-corrected chi connectivity index (χ0v) is 17.0. The molecule has 6 heteroatoms. The lowest BCUT2D eigenvalue weighted by molar-refractivity contribution is -0.131. The van der Waals surface area contributed by atoms with Crippen molar-refractivity contribution in [2.45, 2.75) is 39.5 Å². The molecule has 1 saturated carbocycles. The van der Waals surface area contributed by atoms with Crippen LogP contribution in [0.5, 0.6) is 0 Å². The molecule has 29 heavy (non-hydrogen) atoms. The topological polar surface area (TPSA) is 84.5 Å². The number of anilines is 2. The van der Waals surface area contributed by atoms with E-state index in [4.69, 9.17) is 4.74 Å². The van der Waals surface area contributed by atoms with Crippen LogP contribution in [0, 0.1) is 5.41 Å². The molecule has 3 rings (SSSR count). The van der Waals surface area contributed by atoms with Gasteiger partial charge in [-0.05, 0) is 49.4 Å². The Morgan fingerprint density at radius 3 is 2.07 bits per heavy atom. The van der Waals surface area contributed by atoms with Crippen molar-refractivity contribution < 1.29 is 19.1 Å². The van der Waals surface area contributed by atoms with Crippen LogP contribution in [0.1, 0.15) is 55.5 Å². The fourth-order valence-electron chi connectivity index (χ4n) is 3.26. The highest BCUT2D eigenvalue weighted by molar-refractivity contribution is 6.18. The van der Waals surface area contributed by atoms with Crippen molar-refractivity contribution in [3.8, 4) is 0 Å². The van der Waals surface area contributed by atoms with Crippen LogP contribution in [0.2, 0.25) is 0 Å². The van der Waals surface area contributed by atoms with Crippen LogP contribution >= 0.6 is 0 Å². The zero-order chi connectivity index (χ0) is 21.0. The lowest BCUT2D eigenvalue weighted by Crippen LogP contribution is -2.36. The van der Waals surface area contributed by atoms with Crippen LogP contribution in [0.15, 0.2) is 48.5 Å². The summed E-state index contributed by atoms with van der Waals surface area (Å²) < 4.78 is 5.04. The molecule has 152 valence electrons. The van der Waals surface area contributed by atoms with Gasteiger partial charge in [0.15, 0.2) is 0 Å². The first-order valence-corrected chi connectivity index (χ1v) is 9.87. The maximum Gasteiger partial charge on any atom is 0.340 e. The Balaban J connectivity index is 1.77. The fraction of sp³-hybridized carbons (Fsp3) is 0.348. The van der Waals surface area contributed by atoms with Crippen LogP contribution in [0.4, 0.5) is 11.4 Å². The third-order valence-corrected chi connectivity index (χ3v) is 5.12. The van der Waals surface area contributed by atoms with Gasteiger partial charge in [-0.1, -0.05) is 44.2 Å². The number of carbonyl (C=O) groups is 3. The van der Waals surface area contributed by atoms with Gasteiger partial charge in [-0.3, -0.25) is 9.59 Å². The Hall–Kier alpha value is -3.15. The molecule has 0 aromatic heterocycles. The summed E-state index contributed by atoms with van der Waals surface area (Å²) in [5.74, 6) is -0.999. The molecule has 1 fully saturated rings. The number of hydrogen-bond acceptors (Lipinski definition) is 4. The molecular weight excluding hydrogens is 368 g/mol. The SMILES string of the molecule is CCOC(=O)c1ccccc1NC(=O)C1(C(=O)Nc2ccccc2C(C)C)CC1. The first-order chi connectivity index (χ1) is 13.9. The van der Waals surface area contributed by atoms with E-state index in [1.54, 1.807) is 31.2 Å². The number of hydrogen-bond donors (Lipinski definition) is 2. The molecule has 0 spiro atoms. The summed E-state index contributed by atoms with van der Waals surface area (Å²) in [5.41, 5.74) is 1.23. The van der Waals surface area contributed by atoms with Crippen molar-refractivity contribution >= 4 is 29.2 Å². The van der Waals surface area contributed by atoms with Crippen molar-refractivity contribution in [3.63, 3.8) is 0 Å². The van der Waals surface area contributed by atoms with Crippen LogP contribution in [0.3, 0.4) is 0 Å². The average molecular weight is 394 g/mol. The van der Waals surface area contributed by atoms with Gasteiger partial charge in [-0.2, -0.15) is 0 Å². The molecule has 0 radical (unpaired) electrons. The van der Waals surface area contributed by atoms with E-state index in [-0.39, 0.29) is 24.0 Å². The maximum absolute atomic E-state index is 13.0. The summed E-state index contributed by atoms with van der Waals surface area (Å²) in [5, 5.41) is 5.68. The molecule has 0 saturated heterocycles. The predicted molar refractivity (Wildman–Crippen MR) is 112 cm³/mol. The molecular formula is C23H26N2O4. The molecule has 0 aliphatic heterocycles. The first kappa shape index (κ1) is 20.6. The molecule has 0 bridgehead atoms. The van der Waals surface area contributed by atoms with E-state index in [1.165, 1.54) is 0 Å². The monoisotopic (exact) mass is 394 g/mol. The third kappa shape index (κ3) is 4.31. The van der Waals surface area contributed by atoms with Crippen molar-refractivity contribution in [2.75, 3.05) is 17.2 Å². The van der Waals surface area contributed by atoms with E-state index in [0.29, 0.717) is 18.5 Å². The fourth-order valence-corrected chi connectivity index (χ4v) is 3.26. The molecule has 1 aliphatic carbocycles. The van der Waals surface area contributed by atoms with Gasteiger partial charge < -0.3 is 15.4 Å². The van der Waals surface area contributed by atoms with Crippen molar-refractivity contribution in [2.24, 2.45) is 5.41 Å². The lowest BCUT2D eigenvalue weighted by atomic mass is 9.99. The molecule has 2 N–H and O–H groups in total. The smallest absolute Gasteiger partial charge is 0.340 e. The van der Waals surface area contributed by atoms with Gasteiger partial charge >= 0.3 is 5.97 Å². The van der Waals surface area contributed by atoms with Crippen LogP contribution in [-0.4, -0.2) is 24.4 Å². The van der Waals surface area contributed by atoms with Crippen LogP contribution < -0.4 is 10.6 Å². The molecule has 0 unspecified atom stereocenters. The largest absolute Gasteiger partial charge is 0.462 e. The third-order valence-electron chi connectivity index (χ3n) is 5.12. The Morgan fingerprint density at radius 2 is 1.48 bits per heavy atom. The van der Waals surface area contributed by atoms with E-state index in [0.717, 1.165) is 11.3 Å². The average Bonchev–Trinajstić information content (AvgIpc) is 3.51. The highest BCUT2D eigenvalue weighted by atomic mass is 16.5. The number of rotatable bonds is 7. The van der Waals surface area contributed by atoms with Gasteiger partial charge in [0, 0.05) is 5.69 Å². The van der Waals surface area contributed by atoms with Crippen LogP contribution in [0.25, 0.3) is 0 Å². The number of nitrogens with one attached hydrogen (secondary N) is 2. The number of esters is 1. The van der Waals surface area contributed by atoms with Gasteiger partial charge in [-0.15, -0.1) is 0 Å². The van der Waals surface area contributed by atoms with Crippen molar-refractivity contribution in [1.29, 1.82) is 0 Å². The van der Waals surface area contributed by atoms with E-state index >= 15 is 0 Å². The quantitative estimate of drug-likeness (QED) is 0.540. The summed E-state index contributed by atoms with van der Waals surface area (Å²) in [6.45, 7) is 6.06. The zero-order valence-electron chi connectivity index (χ0n) is 17.0. The van der Waals surface area contributed by atoms with Crippen LogP contribution in [-0.2, 0) is 14.3 Å². The summed E-state index contributed by atoms with van der Waals surface area (Å²) in [6.07, 6.45) is 0.937. The number of ether oxygens (including phenoxy) is 1. The number of carbonyl (C=O) groups excluding carboxylic acids is 3. The Labute approximate surface area is 170 Å². The van der Waals surface area contributed by atoms with Gasteiger partial charge in [0.25, 0.3) is 0 Å². The van der Waals surface area contributed by atoms with E-state index < -0.39 is 17.3 Å². The Morgan fingerprint density at radius 1 is 0.931 bits per heavy atom. The summed E-state index contributed by atoms with van der Waals surface area (Å²) in [4.78, 5) is 38.1. The number of para-hydroxylation sites is 2. The highest BCUT2D eigenvalue weighted by Gasteiger charge is 2.56. The van der Waals surface area contributed by atoms with Gasteiger partial charge in [0.2, 0.25) is 11.8 Å². The lowest BCUT2D eigenvalue weighted by Gasteiger charge is -2.19. The molecule has 2 amide bonds. The number of benzene rings is 2. The minimum absolute atomic E-state index is 0.239. The first-order valence-electron chi connectivity index (χ1n) is 9.87. The Bertz CT molecular complexity index is 932. The Kier molecular flexibility index (Phi) is 6.01. The van der Waals surface area contributed by atoms with Crippen molar-refractivity contribution in [3.05, 3.63) is 59.7 Å². The summed E-state index contributed by atoms with van der Waals surface area (Å²) in [7, 11) is 0. The van der Waals surface area contributed by atoms with E-state index in [2.05, 4.69) is 24.5 Å². The van der Waals surface area contributed by atoms with E-state index in [1.807, 2.05) is 24.3 Å². The molecule has 2 aromatic carbocycles. The molecule has 2 aromatic rings. The second-order valence-electron chi connectivity index (χ2n) is 7.50. The molecule has 0 heterocycles. The molecule has 6 nitrogen and oxygen atoms in total. The standard InChI is InChI=1S/C23H26N2O4/c1-4-29-20(26)17-10-6-8-12-19(17)25-22(28)23(13-14-23)21(27)24-18-11-7-5-9-16(18)15(2)3/h5-12,15H,4,13-14H2,1-3H3,(H,24,27)(H,25,28). The summed E-state index contributed by atoms with van der Waals surface area (Å²) in [6, 6.07) is 14.2. The molecule has 1 aliphatic rings.